The van der Waals surface area contributed by atoms with Gasteiger partial charge in [-0.2, -0.15) is 13.9 Å². The fourth-order valence-electron chi connectivity index (χ4n) is 3.92. The molecule has 1 aliphatic rings. The molecule has 3 aromatic heterocycles. The Balaban J connectivity index is 0.00000156. The van der Waals surface area contributed by atoms with E-state index in [1.54, 1.807) is 24.0 Å². The number of fused-ring (bicyclic) bond motifs is 1. The van der Waals surface area contributed by atoms with E-state index in [4.69, 9.17) is 0 Å². The molecule has 0 saturated carbocycles. The Hall–Kier alpha value is -3.93. The summed E-state index contributed by atoms with van der Waals surface area (Å²) in [4.78, 5) is 21.1. The van der Waals surface area contributed by atoms with E-state index in [9.17, 15) is 9.18 Å². The average molecular weight is 515 g/mol. The van der Waals surface area contributed by atoms with Crippen molar-refractivity contribution < 1.29 is 18.0 Å². The highest BCUT2D eigenvalue weighted by Crippen LogP contribution is 2.35. The van der Waals surface area contributed by atoms with Gasteiger partial charge in [-0.3, -0.25) is 9.89 Å². The summed E-state index contributed by atoms with van der Waals surface area (Å²) in [6.07, 6.45) is 1.42. The average Bonchev–Trinajstić information content (AvgIpc) is 3.51. The summed E-state index contributed by atoms with van der Waals surface area (Å²) in [6.45, 7) is 8.43. The monoisotopic (exact) mass is 514 g/mol. The van der Waals surface area contributed by atoms with Crippen LogP contribution in [0.2, 0.25) is 0 Å². The van der Waals surface area contributed by atoms with Crippen molar-refractivity contribution in [2.75, 3.05) is 38.5 Å². The number of nitrogens with zero attached hydrogens (tertiary/aromatic N) is 6. The molecule has 37 heavy (non-hydrogen) atoms. The molecule has 0 aliphatic carbocycles. The molecule has 4 heterocycles. The molecule has 1 saturated heterocycles. The quantitative estimate of drug-likeness (QED) is 0.415. The Morgan fingerprint density at radius 2 is 1.76 bits per heavy atom. The van der Waals surface area contributed by atoms with Crippen molar-refractivity contribution in [3.05, 3.63) is 71.1 Å². The number of rotatable bonds is 5. The molecular formula is C25H29F3N8O. The number of hydrogen-bond donors (Lipinski definition) is 2. The van der Waals surface area contributed by atoms with Crippen LogP contribution in [0.15, 0.2) is 42.6 Å². The highest BCUT2D eigenvalue weighted by molar-refractivity contribution is 5.96. The minimum Gasteiger partial charge on any atom is -0.336 e. The van der Waals surface area contributed by atoms with E-state index >= 15 is 8.78 Å². The normalized spacial score (nSPS) is 14.4. The minimum atomic E-state index is -3.62. The Labute approximate surface area is 212 Å². The van der Waals surface area contributed by atoms with Crippen LogP contribution in [0.25, 0.3) is 5.52 Å². The second-order valence-electron chi connectivity index (χ2n) is 8.58. The van der Waals surface area contributed by atoms with Crippen molar-refractivity contribution in [2.45, 2.75) is 26.7 Å². The lowest BCUT2D eigenvalue weighted by Crippen LogP contribution is -2.47. The van der Waals surface area contributed by atoms with Gasteiger partial charge in [-0.25, -0.2) is 13.9 Å². The number of piperazine rings is 1. The zero-order valence-corrected chi connectivity index (χ0v) is 21.1. The first kappa shape index (κ1) is 26.1. The number of H-pyrrole nitrogens is 1. The summed E-state index contributed by atoms with van der Waals surface area (Å²) in [5, 5.41) is 13.8. The maximum Gasteiger partial charge on any atom is 0.333 e. The molecule has 0 atom stereocenters. The lowest BCUT2D eigenvalue weighted by Gasteiger charge is -2.32. The van der Waals surface area contributed by atoms with E-state index in [2.05, 4.69) is 30.5 Å². The fourth-order valence-corrected chi connectivity index (χ4v) is 3.92. The predicted octanol–water partition coefficient (Wildman–Crippen LogP) is 4.20. The van der Waals surface area contributed by atoms with Crippen LogP contribution in [0.5, 0.6) is 0 Å². The molecule has 1 aromatic carbocycles. The van der Waals surface area contributed by atoms with Crippen molar-refractivity contribution in [1.82, 2.24) is 34.6 Å². The van der Waals surface area contributed by atoms with Crippen LogP contribution < -0.4 is 5.32 Å². The van der Waals surface area contributed by atoms with E-state index in [1.807, 2.05) is 20.9 Å². The molecule has 12 heteroatoms. The summed E-state index contributed by atoms with van der Waals surface area (Å²) in [5.41, 5.74) is 0.950. The molecule has 1 fully saturated rings. The molecule has 9 nitrogen and oxygen atoms in total. The molecule has 1 aliphatic heterocycles. The highest BCUT2D eigenvalue weighted by Gasteiger charge is 2.39. The first-order valence-corrected chi connectivity index (χ1v) is 12.0. The maximum atomic E-state index is 15.4. The molecule has 1 amide bonds. The highest BCUT2D eigenvalue weighted by atomic mass is 19.3. The molecule has 0 unspecified atom stereocenters. The van der Waals surface area contributed by atoms with Gasteiger partial charge in [-0.1, -0.05) is 13.8 Å². The molecule has 5 rings (SSSR count). The third-order valence-electron chi connectivity index (χ3n) is 5.94. The second kappa shape index (κ2) is 10.6. The van der Waals surface area contributed by atoms with Crippen LogP contribution in [0.3, 0.4) is 0 Å². The van der Waals surface area contributed by atoms with Gasteiger partial charge < -0.3 is 15.1 Å². The Morgan fingerprint density at radius 1 is 1.08 bits per heavy atom. The van der Waals surface area contributed by atoms with Gasteiger partial charge >= 0.3 is 5.92 Å². The Kier molecular flexibility index (Phi) is 7.48. The van der Waals surface area contributed by atoms with Gasteiger partial charge in [0.05, 0.1) is 5.56 Å². The second-order valence-corrected chi connectivity index (χ2v) is 8.58. The summed E-state index contributed by atoms with van der Waals surface area (Å²) in [6, 6.07) is 7.15. The van der Waals surface area contributed by atoms with Gasteiger partial charge in [0.1, 0.15) is 11.3 Å². The molecule has 0 bridgehead atoms. The maximum absolute atomic E-state index is 15.4. The zero-order valence-electron chi connectivity index (χ0n) is 21.1. The number of aromatic amines is 1. The molecule has 196 valence electrons. The smallest absolute Gasteiger partial charge is 0.333 e. The van der Waals surface area contributed by atoms with Crippen molar-refractivity contribution in [3.63, 3.8) is 0 Å². The molecule has 0 spiro atoms. The summed E-state index contributed by atoms with van der Waals surface area (Å²) >= 11 is 0. The van der Waals surface area contributed by atoms with Crippen molar-refractivity contribution in [3.8, 4) is 0 Å². The number of amides is 1. The van der Waals surface area contributed by atoms with Gasteiger partial charge in [-0.15, -0.1) is 5.10 Å². The van der Waals surface area contributed by atoms with E-state index in [0.717, 1.165) is 43.0 Å². The standard InChI is InChI=1S/C23H23F3N8O.C2H6/c1-14-11-19(30-29-14)27-20-18-12-15(21(35)33-9-7-32(2)8-10-33)13-34(18)31-22(28-20)23(25,26)16-3-5-17(24)6-4-16;1-2/h3-6,11-13H,7-10H2,1-2H3,(H2,27,28,29,30,31);1-2H3. The van der Waals surface area contributed by atoms with Gasteiger partial charge in [0, 0.05) is 49.7 Å². The minimum absolute atomic E-state index is 0.0562. The summed E-state index contributed by atoms with van der Waals surface area (Å²) in [7, 11) is 1.99. The Bertz CT molecular complexity index is 1370. The number of aryl methyl sites for hydroxylation is 1. The van der Waals surface area contributed by atoms with E-state index in [0.29, 0.717) is 30.0 Å². The number of carbonyl (C=O) groups is 1. The molecule has 2 N–H and O–H groups in total. The predicted molar refractivity (Wildman–Crippen MR) is 134 cm³/mol. The SMILES string of the molecule is CC.Cc1cc(Nc2nc(C(F)(F)c3ccc(F)cc3)nn3cc(C(=O)N4CCN(C)CC4)cc23)n[nH]1. The molecule has 0 radical (unpaired) electrons. The van der Waals surface area contributed by atoms with Gasteiger partial charge in [-0.05, 0) is 44.3 Å². The Morgan fingerprint density at radius 3 is 2.38 bits per heavy atom. The van der Waals surface area contributed by atoms with E-state index in [-0.39, 0.29) is 11.7 Å². The number of halogens is 3. The van der Waals surface area contributed by atoms with Crippen molar-refractivity contribution in [1.29, 1.82) is 0 Å². The van der Waals surface area contributed by atoms with Gasteiger partial charge in [0.25, 0.3) is 5.91 Å². The lowest BCUT2D eigenvalue weighted by atomic mass is 10.1. The van der Waals surface area contributed by atoms with Crippen LogP contribution in [0.4, 0.5) is 24.8 Å². The van der Waals surface area contributed by atoms with Crippen LogP contribution in [0.1, 0.15) is 41.3 Å². The number of alkyl halides is 2. The van der Waals surface area contributed by atoms with Crippen LogP contribution in [-0.2, 0) is 5.92 Å². The first-order valence-electron chi connectivity index (χ1n) is 12.0. The summed E-state index contributed by atoms with van der Waals surface area (Å²) < 4.78 is 45.3. The van der Waals surface area contributed by atoms with Crippen molar-refractivity contribution >= 4 is 23.1 Å². The number of carbonyl (C=O) groups excluding carboxylic acids is 1. The zero-order chi connectivity index (χ0) is 26.7. The van der Waals surface area contributed by atoms with Crippen LogP contribution in [-0.4, -0.2) is 73.7 Å². The number of benzene rings is 1. The van der Waals surface area contributed by atoms with Gasteiger partial charge in [0.15, 0.2) is 11.6 Å². The third kappa shape index (κ3) is 5.43. The molecule has 4 aromatic rings. The fraction of sp³-hybridized carbons (Fsp3) is 0.360. The topological polar surface area (TPSA) is 94.4 Å². The molecular weight excluding hydrogens is 485 g/mol. The van der Waals surface area contributed by atoms with Crippen LogP contribution in [0, 0.1) is 12.7 Å². The van der Waals surface area contributed by atoms with E-state index < -0.39 is 23.1 Å². The third-order valence-corrected chi connectivity index (χ3v) is 5.94. The number of hydrogen-bond acceptors (Lipinski definition) is 6. The lowest BCUT2D eigenvalue weighted by molar-refractivity contribution is 0.0315. The van der Waals surface area contributed by atoms with Crippen molar-refractivity contribution in [2.24, 2.45) is 0 Å². The van der Waals surface area contributed by atoms with E-state index in [1.165, 1.54) is 10.7 Å². The van der Waals surface area contributed by atoms with Crippen LogP contribution >= 0.6 is 0 Å². The largest absolute Gasteiger partial charge is 0.336 e. The number of aromatic nitrogens is 5. The number of nitrogens with one attached hydrogen (secondary N) is 2. The van der Waals surface area contributed by atoms with Gasteiger partial charge in [0.2, 0.25) is 5.82 Å². The first-order chi connectivity index (χ1) is 17.7. The number of likely N-dealkylation sites (N-methyl/N-ethyl adjacent to an activating group) is 1. The summed E-state index contributed by atoms with van der Waals surface area (Å²) in [5.74, 6) is -4.84. The number of anilines is 2.